The van der Waals surface area contributed by atoms with Crippen LogP contribution in [0.2, 0.25) is 5.02 Å². The molecule has 0 unspecified atom stereocenters. The second-order valence-electron chi connectivity index (χ2n) is 8.38. The number of sulfonamides is 1. The quantitative estimate of drug-likeness (QED) is 0.629. The van der Waals surface area contributed by atoms with Crippen LogP contribution < -0.4 is 10.1 Å². The summed E-state index contributed by atoms with van der Waals surface area (Å²) in [5.41, 5.74) is -0.00757. The molecule has 0 radical (unpaired) electrons. The van der Waals surface area contributed by atoms with Gasteiger partial charge in [0.05, 0.1) is 4.90 Å². The zero-order chi connectivity index (χ0) is 23.4. The number of nitrogens with one attached hydrogen (secondary N) is 1. The van der Waals surface area contributed by atoms with E-state index >= 15 is 0 Å². The molecule has 0 aromatic heterocycles. The molecule has 1 heterocycles. The van der Waals surface area contributed by atoms with Crippen LogP contribution in [0.1, 0.15) is 19.4 Å². The Hall–Kier alpha value is -2.13. The number of benzene rings is 2. The number of hydrogen-bond acceptors (Lipinski definition) is 5. The third-order valence-corrected chi connectivity index (χ3v) is 7.60. The molecule has 0 atom stereocenters. The molecule has 32 heavy (non-hydrogen) atoms. The molecule has 9 heteroatoms. The summed E-state index contributed by atoms with van der Waals surface area (Å²) < 4.78 is 33.0. The van der Waals surface area contributed by atoms with E-state index in [1.165, 1.54) is 4.31 Å². The van der Waals surface area contributed by atoms with E-state index in [-0.39, 0.29) is 5.91 Å². The normalized spacial score (nSPS) is 16.0. The van der Waals surface area contributed by atoms with Crippen molar-refractivity contribution in [1.82, 2.24) is 14.5 Å². The van der Waals surface area contributed by atoms with Crippen molar-refractivity contribution in [2.45, 2.75) is 31.3 Å². The van der Waals surface area contributed by atoms with Crippen molar-refractivity contribution in [3.8, 4) is 5.75 Å². The van der Waals surface area contributed by atoms with E-state index < -0.39 is 15.6 Å². The molecule has 0 bridgehead atoms. The minimum atomic E-state index is -3.48. The average molecular weight is 480 g/mol. The Morgan fingerprint density at radius 2 is 1.62 bits per heavy atom. The molecule has 0 aliphatic carbocycles. The number of hydrogen-bond donors (Lipinski definition) is 1. The molecule has 0 spiro atoms. The maximum absolute atomic E-state index is 12.8. The summed E-state index contributed by atoms with van der Waals surface area (Å²) in [4.78, 5) is 15.0. The summed E-state index contributed by atoms with van der Waals surface area (Å²) in [5.74, 6) is 0.355. The summed E-state index contributed by atoms with van der Waals surface area (Å²) >= 11 is 5.88. The number of piperazine rings is 1. The highest BCUT2D eigenvalue weighted by Gasteiger charge is 2.31. The van der Waals surface area contributed by atoms with E-state index in [1.54, 1.807) is 50.2 Å². The van der Waals surface area contributed by atoms with Crippen LogP contribution in [0.5, 0.6) is 5.75 Å². The Kier molecular flexibility index (Phi) is 7.82. The molecule has 1 aliphatic rings. The summed E-state index contributed by atoms with van der Waals surface area (Å²) in [6.07, 6.45) is 0. The summed E-state index contributed by atoms with van der Waals surface area (Å²) in [6, 6.07) is 13.8. The molecule has 1 fully saturated rings. The molecule has 7 nitrogen and oxygen atoms in total. The smallest absolute Gasteiger partial charge is 0.263 e. The first-order valence-electron chi connectivity index (χ1n) is 10.6. The number of aryl methyl sites for hydroxylation is 1. The SMILES string of the molecule is Cc1ccc(S(=O)(=O)N2CCN(CCNC(=O)C(C)(C)Oc3ccc(Cl)cc3)CC2)cc1. The molecule has 1 N–H and O–H groups in total. The molecule has 1 amide bonds. The largest absolute Gasteiger partial charge is 0.478 e. The lowest BCUT2D eigenvalue weighted by atomic mass is 10.1. The number of halogens is 1. The van der Waals surface area contributed by atoms with E-state index in [2.05, 4.69) is 10.2 Å². The van der Waals surface area contributed by atoms with Crippen molar-refractivity contribution in [3.05, 3.63) is 59.1 Å². The van der Waals surface area contributed by atoms with Gasteiger partial charge in [-0.15, -0.1) is 0 Å². The highest BCUT2D eigenvalue weighted by Crippen LogP contribution is 2.21. The van der Waals surface area contributed by atoms with Gasteiger partial charge in [-0.2, -0.15) is 4.31 Å². The number of carbonyl (C=O) groups is 1. The van der Waals surface area contributed by atoms with Gasteiger partial charge in [-0.1, -0.05) is 29.3 Å². The van der Waals surface area contributed by atoms with E-state index in [9.17, 15) is 13.2 Å². The van der Waals surface area contributed by atoms with E-state index in [4.69, 9.17) is 16.3 Å². The molecule has 0 saturated carbocycles. The van der Waals surface area contributed by atoms with Crippen LogP contribution in [0, 0.1) is 6.92 Å². The maximum atomic E-state index is 12.8. The Morgan fingerprint density at radius 1 is 1.03 bits per heavy atom. The molecule has 2 aromatic rings. The number of carbonyl (C=O) groups excluding carboxylic acids is 1. The van der Waals surface area contributed by atoms with Crippen molar-refractivity contribution < 1.29 is 17.9 Å². The predicted molar refractivity (Wildman–Crippen MR) is 126 cm³/mol. The highest BCUT2D eigenvalue weighted by molar-refractivity contribution is 7.89. The topological polar surface area (TPSA) is 79.0 Å². The Bertz CT molecular complexity index is 1020. The molecular formula is C23H30ClN3O4S. The van der Waals surface area contributed by atoms with Gasteiger partial charge in [0.25, 0.3) is 5.91 Å². The summed E-state index contributed by atoms with van der Waals surface area (Å²) in [5, 5.41) is 3.51. The fourth-order valence-corrected chi connectivity index (χ4v) is 4.98. The van der Waals surface area contributed by atoms with Gasteiger partial charge in [-0.05, 0) is 57.2 Å². The Labute approximate surface area is 195 Å². The Morgan fingerprint density at radius 3 is 2.22 bits per heavy atom. The third kappa shape index (κ3) is 6.22. The van der Waals surface area contributed by atoms with Gasteiger partial charge in [0.15, 0.2) is 5.60 Å². The second-order valence-corrected chi connectivity index (χ2v) is 10.8. The van der Waals surface area contributed by atoms with E-state index in [0.29, 0.717) is 54.9 Å². The van der Waals surface area contributed by atoms with Gasteiger partial charge in [-0.25, -0.2) is 8.42 Å². The molecule has 2 aromatic carbocycles. The number of rotatable bonds is 8. The summed E-state index contributed by atoms with van der Waals surface area (Å²) in [7, 11) is -3.48. The minimum absolute atomic E-state index is 0.215. The van der Waals surface area contributed by atoms with Gasteiger partial charge < -0.3 is 10.1 Å². The zero-order valence-electron chi connectivity index (χ0n) is 18.7. The standard InChI is InChI=1S/C23H30ClN3O4S/c1-18-4-10-21(11-5-18)32(29,30)27-16-14-26(15-17-27)13-12-25-22(28)23(2,3)31-20-8-6-19(24)7-9-20/h4-11H,12-17H2,1-3H3,(H,25,28). The second kappa shape index (κ2) is 10.2. The van der Waals surface area contributed by atoms with Crippen LogP contribution in [-0.4, -0.2) is 68.4 Å². The number of ether oxygens (including phenoxy) is 1. The molecule has 1 saturated heterocycles. The van der Waals surface area contributed by atoms with Crippen molar-refractivity contribution >= 4 is 27.5 Å². The van der Waals surface area contributed by atoms with Gasteiger partial charge in [0.1, 0.15) is 5.75 Å². The fourth-order valence-electron chi connectivity index (χ4n) is 3.44. The zero-order valence-corrected chi connectivity index (χ0v) is 20.2. The first-order chi connectivity index (χ1) is 15.1. The molecule has 3 rings (SSSR count). The lowest BCUT2D eigenvalue weighted by molar-refractivity contribution is -0.134. The van der Waals surface area contributed by atoms with Gasteiger partial charge >= 0.3 is 0 Å². The van der Waals surface area contributed by atoms with Crippen LogP contribution in [0.3, 0.4) is 0 Å². The van der Waals surface area contributed by atoms with Crippen molar-refractivity contribution in [2.24, 2.45) is 0 Å². The van der Waals surface area contributed by atoms with E-state index in [0.717, 1.165) is 5.56 Å². The number of nitrogens with zero attached hydrogens (tertiary/aromatic N) is 2. The third-order valence-electron chi connectivity index (χ3n) is 5.44. The lowest BCUT2D eigenvalue weighted by Gasteiger charge is -2.34. The van der Waals surface area contributed by atoms with Crippen LogP contribution in [0.25, 0.3) is 0 Å². The summed E-state index contributed by atoms with van der Waals surface area (Å²) in [6.45, 7) is 8.54. The fraction of sp³-hybridized carbons (Fsp3) is 0.435. The highest BCUT2D eigenvalue weighted by atomic mass is 35.5. The van der Waals surface area contributed by atoms with Gasteiger partial charge in [0.2, 0.25) is 10.0 Å². The van der Waals surface area contributed by atoms with Gasteiger partial charge in [0, 0.05) is 44.3 Å². The minimum Gasteiger partial charge on any atom is -0.478 e. The average Bonchev–Trinajstić information content (AvgIpc) is 2.76. The lowest BCUT2D eigenvalue weighted by Crippen LogP contribution is -2.52. The van der Waals surface area contributed by atoms with Crippen molar-refractivity contribution in [1.29, 1.82) is 0 Å². The molecule has 174 valence electrons. The van der Waals surface area contributed by atoms with E-state index in [1.807, 2.05) is 19.1 Å². The predicted octanol–water partition coefficient (Wildman–Crippen LogP) is 2.93. The first-order valence-corrected chi connectivity index (χ1v) is 12.4. The van der Waals surface area contributed by atoms with Gasteiger partial charge in [-0.3, -0.25) is 9.69 Å². The first kappa shape index (κ1) is 24.5. The van der Waals surface area contributed by atoms with Crippen molar-refractivity contribution in [3.63, 3.8) is 0 Å². The van der Waals surface area contributed by atoms with Crippen LogP contribution in [0.15, 0.2) is 53.4 Å². The molecular weight excluding hydrogens is 450 g/mol. The molecule has 1 aliphatic heterocycles. The van der Waals surface area contributed by atoms with Crippen LogP contribution in [0.4, 0.5) is 0 Å². The number of amides is 1. The van der Waals surface area contributed by atoms with Crippen molar-refractivity contribution in [2.75, 3.05) is 39.3 Å². The van der Waals surface area contributed by atoms with Crippen LogP contribution >= 0.6 is 11.6 Å². The van der Waals surface area contributed by atoms with Crippen LogP contribution in [-0.2, 0) is 14.8 Å². The monoisotopic (exact) mass is 479 g/mol. The maximum Gasteiger partial charge on any atom is 0.263 e. The Balaban J connectivity index is 1.44.